The lowest BCUT2D eigenvalue weighted by Gasteiger charge is -2.42. The molecule has 1 saturated carbocycles. The van der Waals surface area contributed by atoms with Crippen LogP contribution >= 0.6 is 0 Å². The molecule has 4 aromatic rings. The maximum absolute atomic E-state index is 13.5. The molecule has 1 spiro atoms. The van der Waals surface area contributed by atoms with E-state index in [1.807, 2.05) is 0 Å². The third-order valence-electron chi connectivity index (χ3n) is 10.1. The van der Waals surface area contributed by atoms with Gasteiger partial charge in [-0.3, -0.25) is 14.9 Å². The molecule has 2 atom stereocenters. The minimum absolute atomic E-state index is 0.0636. The lowest BCUT2D eigenvalue weighted by molar-refractivity contribution is 0.187. The second-order valence-electron chi connectivity index (χ2n) is 12.2. The first kappa shape index (κ1) is 23.4. The van der Waals surface area contributed by atoms with Crippen molar-refractivity contribution in [3.8, 4) is 0 Å². The molecular formula is C31H34N6O2. The Hall–Kier alpha value is -3.49. The van der Waals surface area contributed by atoms with Gasteiger partial charge < -0.3 is 15.4 Å². The quantitative estimate of drug-likeness (QED) is 0.372. The molecule has 2 aromatic heterocycles. The fourth-order valence-corrected chi connectivity index (χ4v) is 7.58. The minimum Gasteiger partial charge on any atom is -0.381 e. The topological polar surface area (TPSA) is 113 Å². The zero-order valence-corrected chi connectivity index (χ0v) is 22.1. The highest BCUT2D eigenvalue weighted by Crippen LogP contribution is 2.54. The van der Waals surface area contributed by atoms with Crippen molar-refractivity contribution in [1.82, 2.24) is 20.2 Å². The fraction of sp³-hybridized carbons (Fsp3) is 0.452. The molecule has 200 valence electrons. The summed E-state index contributed by atoms with van der Waals surface area (Å²) in [5.41, 5.74) is 13.2. The van der Waals surface area contributed by atoms with Crippen LogP contribution in [0.15, 0.2) is 53.3 Å². The van der Waals surface area contributed by atoms with Gasteiger partial charge in [-0.1, -0.05) is 48.5 Å². The third-order valence-corrected chi connectivity index (χ3v) is 10.1. The molecule has 39 heavy (non-hydrogen) atoms. The normalized spacial score (nSPS) is 24.9. The number of rotatable bonds is 4. The van der Waals surface area contributed by atoms with E-state index in [9.17, 15) is 4.79 Å². The number of benzene rings is 2. The van der Waals surface area contributed by atoms with E-state index in [0.29, 0.717) is 22.9 Å². The summed E-state index contributed by atoms with van der Waals surface area (Å²) >= 11 is 0. The minimum atomic E-state index is -0.203. The summed E-state index contributed by atoms with van der Waals surface area (Å²) in [5.74, 6) is 1.06. The van der Waals surface area contributed by atoms with E-state index in [1.54, 1.807) is 0 Å². The van der Waals surface area contributed by atoms with Crippen LogP contribution in [0.2, 0.25) is 0 Å². The maximum Gasteiger partial charge on any atom is 0.263 e. The molecule has 2 aliphatic carbocycles. The number of H-pyrrole nitrogens is 2. The third kappa shape index (κ3) is 3.54. The molecule has 3 fully saturated rings. The Morgan fingerprint density at radius 1 is 1.05 bits per heavy atom. The molecule has 2 aromatic carbocycles. The highest BCUT2D eigenvalue weighted by atomic mass is 16.5. The molecule has 8 rings (SSSR count). The van der Waals surface area contributed by atoms with Crippen molar-refractivity contribution in [1.29, 1.82) is 0 Å². The van der Waals surface area contributed by atoms with Crippen LogP contribution in [0.25, 0.3) is 11.0 Å². The van der Waals surface area contributed by atoms with E-state index in [1.165, 1.54) is 22.3 Å². The molecule has 4 N–H and O–H groups in total. The van der Waals surface area contributed by atoms with Crippen LogP contribution in [0.3, 0.4) is 0 Å². The average molecular weight is 523 g/mol. The number of aromatic amines is 2. The van der Waals surface area contributed by atoms with Crippen molar-refractivity contribution < 1.29 is 4.74 Å². The standard InChI is InChI=1S/C31H34N6O2/c32-25-23-7-2-1-4-20(23)17-30(25)11-13-37(14-12-30)29-33-27-24(28(38)34-29)26(35-36-27)31(9-10-31)22-6-3-5-19(16-22)21-8-15-39-18-21/h1-7,16,21,25H,8-15,17-18,32H2,(H2,33,34,35,36,38)/t21?,25-/m1/s1. The smallest absolute Gasteiger partial charge is 0.263 e. The van der Waals surface area contributed by atoms with Crippen molar-refractivity contribution in [2.24, 2.45) is 11.1 Å². The summed E-state index contributed by atoms with van der Waals surface area (Å²) < 4.78 is 5.63. The van der Waals surface area contributed by atoms with Crippen LogP contribution in [0.5, 0.6) is 0 Å². The van der Waals surface area contributed by atoms with Gasteiger partial charge in [0.15, 0.2) is 5.65 Å². The monoisotopic (exact) mass is 522 g/mol. The zero-order chi connectivity index (χ0) is 26.2. The fourth-order valence-electron chi connectivity index (χ4n) is 7.58. The molecule has 8 nitrogen and oxygen atoms in total. The van der Waals surface area contributed by atoms with Crippen molar-refractivity contribution in [3.05, 3.63) is 86.8 Å². The maximum atomic E-state index is 13.5. The van der Waals surface area contributed by atoms with Gasteiger partial charge >= 0.3 is 0 Å². The van der Waals surface area contributed by atoms with Gasteiger partial charge in [-0.05, 0) is 66.2 Å². The molecule has 1 unspecified atom stereocenters. The first-order valence-electron chi connectivity index (χ1n) is 14.3. The predicted molar refractivity (Wildman–Crippen MR) is 150 cm³/mol. The lowest BCUT2D eigenvalue weighted by Crippen LogP contribution is -2.45. The van der Waals surface area contributed by atoms with Gasteiger partial charge in [0.2, 0.25) is 5.95 Å². The van der Waals surface area contributed by atoms with Crippen LogP contribution in [0.4, 0.5) is 5.95 Å². The number of ether oxygens (including phenoxy) is 1. The van der Waals surface area contributed by atoms with Gasteiger partial charge in [0.1, 0.15) is 5.39 Å². The largest absolute Gasteiger partial charge is 0.381 e. The van der Waals surface area contributed by atoms with Crippen LogP contribution in [0, 0.1) is 5.41 Å². The molecule has 2 aliphatic heterocycles. The SMILES string of the molecule is N[C@@H]1c2ccccc2CC12CCN(c1nc3n[nH]c(C4(c5cccc(C6CCOC6)c5)CC4)c3c(=O)[nH]1)CC2. The van der Waals surface area contributed by atoms with Crippen LogP contribution < -0.4 is 16.2 Å². The Kier molecular flexibility index (Phi) is 5.10. The summed E-state index contributed by atoms with van der Waals surface area (Å²) in [6, 6.07) is 17.5. The van der Waals surface area contributed by atoms with Crippen molar-refractivity contribution >= 4 is 17.0 Å². The van der Waals surface area contributed by atoms with E-state index >= 15 is 0 Å². The number of anilines is 1. The number of fused-ring (bicyclic) bond motifs is 2. The predicted octanol–water partition coefficient (Wildman–Crippen LogP) is 4.07. The van der Waals surface area contributed by atoms with Crippen molar-refractivity contribution in [2.45, 2.75) is 55.9 Å². The van der Waals surface area contributed by atoms with Crippen molar-refractivity contribution in [3.63, 3.8) is 0 Å². The van der Waals surface area contributed by atoms with Gasteiger partial charge in [0.05, 0.1) is 12.3 Å². The molecule has 0 radical (unpaired) electrons. The van der Waals surface area contributed by atoms with E-state index in [-0.39, 0.29) is 22.4 Å². The molecule has 0 amide bonds. The molecule has 4 heterocycles. The van der Waals surface area contributed by atoms with Crippen molar-refractivity contribution in [2.75, 3.05) is 31.2 Å². The molecule has 8 heteroatoms. The molecule has 0 bridgehead atoms. The molecule has 4 aliphatic rings. The average Bonchev–Trinajstić information content (AvgIpc) is 3.28. The summed E-state index contributed by atoms with van der Waals surface area (Å²) in [7, 11) is 0. The summed E-state index contributed by atoms with van der Waals surface area (Å²) in [4.78, 5) is 23.7. The molecular weight excluding hydrogens is 488 g/mol. The summed E-state index contributed by atoms with van der Waals surface area (Å²) in [5, 5.41) is 8.38. The van der Waals surface area contributed by atoms with E-state index < -0.39 is 0 Å². The number of nitrogens with two attached hydrogens (primary N) is 1. The van der Waals surface area contributed by atoms with Gasteiger partial charge in [-0.15, -0.1) is 0 Å². The number of aromatic nitrogens is 4. The number of hydrogen-bond acceptors (Lipinski definition) is 6. The summed E-state index contributed by atoms with van der Waals surface area (Å²) in [6.45, 7) is 3.24. The van der Waals surface area contributed by atoms with Gasteiger partial charge in [0, 0.05) is 37.1 Å². The van der Waals surface area contributed by atoms with E-state index in [4.69, 9.17) is 15.5 Å². The lowest BCUT2D eigenvalue weighted by atomic mass is 9.73. The molecule has 2 saturated heterocycles. The first-order valence-corrected chi connectivity index (χ1v) is 14.3. The Morgan fingerprint density at radius 2 is 1.90 bits per heavy atom. The van der Waals surface area contributed by atoms with Crippen LogP contribution in [0.1, 0.15) is 72.0 Å². The number of hydrogen-bond donors (Lipinski definition) is 3. The Balaban J connectivity index is 1.07. The van der Waals surface area contributed by atoms with Gasteiger partial charge in [-0.25, -0.2) is 0 Å². The number of nitrogens with zero attached hydrogens (tertiary/aromatic N) is 3. The zero-order valence-electron chi connectivity index (χ0n) is 22.1. The first-order chi connectivity index (χ1) is 19.1. The Bertz CT molecular complexity index is 1620. The highest BCUT2D eigenvalue weighted by Gasteiger charge is 2.50. The number of nitrogens with one attached hydrogen (secondary N) is 2. The van der Waals surface area contributed by atoms with E-state index in [2.05, 4.69) is 68.6 Å². The van der Waals surface area contributed by atoms with Crippen LogP contribution in [-0.4, -0.2) is 46.5 Å². The highest BCUT2D eigenvalue weighted by molar-refractivity contribution is 5.80. The van der Waals surface area contributed by atoms with E-state index in [0.717, 1.165) is 70.5 Å². The second-order valence-corrected chi connectivity index (χ2v) is 12.2. The summed E-state index contributed by atoms with van der Waals surface area (Å²) in [6.07, 6.45) is 6.02. The Labute approximate surface area is 227 Å². The van der Waals surface area contributed by atoms with Gasteiger partial charge in [0.25, 0.3) is 5.56 Å². The Morgan fingerprint density at radius 3 is 2.67 bits per heavy atom. The van der Waals surface area contributed by atoms with Crippen LogP contribution in [-0.2, 0) is 16.6 Å². The number of piperidine rings is 1. The second kappa shape index (κ2) is 8.50. The van der Waals surface area contributed by atoms with Gasteiger partial charge in [-0.2, -0.15) is 10.1 Å².